The number of aryl methyl sites for hydroxylation is 2. The van der Waals surface area contributed by atoms with Gasteiger partial charge in [-0.25, -0.2) is 9.20 Å². The number of aromatic nitrogens is 5. The minimum Gasteiger partial charge on any atom is -0.289 e. The maximum Gasteiger partial charge on any atom is 0.261 e. The molecule has 0 spiro atoms. The predicted molar refractivity (Wildman–Crippen MR) is 122 cm³/mol. The number of amides is 1. The normalized spacial score (nSPS) is 11.2. The van der Waals surface area contributed by atoms with Crippen LogP contribution >= 0.6 is 11.3 Å². The highest BCUT2D eigenvalue weighted by Gasteiger charge is 2.19. The SMILES string of the molecule is Cc1ccc(-c2csc3nc(NC(=O)c4cnn(-c5ccccc5)c4C)nn23)c(C)c1. The van der Waals surface area contributed by atoms with Crippen LogP contribution in [0.2, 0.25) is 0 Å². The molecule has 3 aromatic heterocycles. The molecule has 0 saturated carbocycles. The van der Waals surface area contributed by atoms with E-state index in [0.717, 1.165) is 27.6 Å². The van der Waals surface area contributed by atoms with Crippen molar-refractivity contribution in [1.29, 1.82) is 0 Å². The molecule has 2 aromatic carbocycles. The van der Waals surface area contributed by atoms with Gasteiger partial charge in [-0.15, -0.1) is 16.4 Å². The molecule has 0 atom stereocenters. The zero-order chi connectivity index (χ0) is 21.5. The van der Waals surface area contributed by atoms with Gasteiger partial charge >= 0.3 is 0 Å². The number of carbonyl (C=O) groups is 1. The Balaban J connectivity index is 1.43. The van der Waals surface area contributed by atoms with Gasteiger partial charge in [-0.3, -0.25) is 10.1 Å². The fraction of sp³-hybridized carbons (Fsp3) is 0.130. The van der Waals surface area contributed by atoms with Crippen LogP contribution in [0.5, 0.6) is 0 Å². The van der Waals surface area contributed by atoms with Gasteiger partial charge in [0.05, 0.1) is 28.8 Å². The summed E-state index contributed by atoms with van der Waals surface area (Å²) in [7, 11) is 0. The summed E-state index contributed by atoms with van der Waals surface area (Å²) in [6.45, 7) is 6.02. The maximum atomic E-state index is 12.9. The highest BCUT2D eigenvalue weighted by Crippen LogP contribution is 2.29. The van der Waals surface area contributed by atoms with E-state index >= 15 is 0 Å². The van der Waals surface area contributed by atoms with Crippen LogP contribution in [-0.2, 0) is 0 Å². The first-order chi connectivity index (χ1) is 15.0. The van der Waals surface area contributed by atoms with Gasteiger partial charge in [0.25, 0.3) is 11.9 Å². The lowest BCUT2D eigenvalue weighted by Crippen LogP contribution is -2.14. The number of anilines is 1. The summed E-state index contributed by atoms with van der Waals surface area (Å²) in [5, 5.41) is 13.7. The zero-order valence-electron chi connectivity index (χ0n) is 17.3. The Labute approximate surface area is 183 Å². The average molecular weight is 429 g/mol. The Bertz CT molecular complexity index is 1410. The molecule has 31 heavy (non-hydrogen) atoms. The molecule has 0 aliphatic rings. The van der Waals surface area contributed by atoms with Gasteiger partial charge in [0, 0.05) is 10.9 Å². The molecule has 1 amide bonds. The van der Waals surface area contributed by atoms with Crippen molar-refractivity contribution < 1.29 is 4.79 Å². The van der Waals surface area contributed by atoms with Gasteiger partial charge in [0.2, 0.25) is 4.96 Å². The topological polar surface area (TPSA) is 77.1 Å². The van der Waals surface area contributed by atoms with Crippen molar-refractivity contribution in [2.45, 2.75) is 20.8 Å². The first-order valence-electron chi connectivity index (χ1n) is 9.84. The number of nitrogens with zero attached hydrogens (tertiary/aromatic N) is 5. The molecule has 7 nitrogen and oxygen atoms in total. The van der Waals surface area contributed by atoms with Crippen LogP contribution in [0.3, 0.4) is 0 Å². The number of hydrogen-bond acceptors (Lipinski definition) is 5. The molecule has 0 unspecified atom stereocenters. The minimum absolute atomic E-state index is 0.273. The minimum atomic E-state index is -0.286. The lowest BCUT2D eigenvalue weighted by molar-refractivity contribution is 0.102. The van der Waals surface area contributed by atoms with Crippen LogP contribution in [0.4, 0.5) is 5.95 Å². The van der Waals surface area contributed by atoms with Crippen molar-refractivity contribution in [2.75, 3.05) is 5.32 Å². The Kier molecular flexibility index (Phi) is 4.63. The van der Waals surface area contributed by atoms with Crippen molar-refractivity contribution >= 4 is 28.2 Å². The first-order valence-corrected chi connectivity index (χ1v) is 10.7. The zero-order valence-corrected chi connectivity index (χ0v) is 18.1. The number of benzene rings is 2. The fourth-order valence-electron chi connectivity index (χ4n) is 3.65. The van der Waals surface area contributed by atoms with Crippen LogP contribution in [-0.4, -0.2) is 30.3 Å². The molecule has 0 saturated heterocycles. The molecule has 154 valence electrons. The van der Waals surface area contributed by atoms with E-state index in [1.807, 2.05) is 42.6 Å². The number of carbonyl (C=O) groups excluding carboxylic acids is 1. The second-order valence-electron chi connectivity index (χ2n) is 7.41. The van der Waals surface area contributed by atoms with E-state index < -0.39 is 0 Å². The second kappa shape index (κ2) is 7.48. The van der Waals surface area contributed by atoms with Crippen LogP contribution in [0.1, 0.15) is 27.2 Å². The lowest BCUT2D eigenvalue weighted by Gasteiger charge is -2.05. The van der Waals surface area contributed by atoms with Crippen molar-refractivity contribution in [3.63, 3.8) is 0 Å². The van der Waals surface area contributed by atoms with E-state index in [1.54, 1.807) is 15.4 Å². The largest absolute Gasteiger partial charge is 0.289 e. The third-order valence-electron chi connectivity index (χ3n) is 5.22. The predicted octanol–water partition coefficient (Wildman–Crippen LogP) is 4.82. The summed E-state index contributed by atoms with van der Waals surface area (Å²) in [6, 6.07) is 16.0. The molecule has 5 aromatic rings. The quantitative estimate of drug-likeness (QED) is 0.445. The Morgan fingerprint density at radius 1 is 1.06 bits per heavy atom. The number of rotatable bonds is 4. The number of fused-ring (bicyclic) bond motifs is 1. The monoisotopic (exact) mass is 428 g/mol. The van der Waals surface area contributed by atoms with Crippen LogP contribution in [0.25, 0.3) is 21.9 Å². The van der Waals surface area contributed by atoms with Crippen LogP contribution < -0.4 is 5.32 Å². The van der Waals surface area contributed by atoms with Crippen LogP contribution in [0.15, 0.2) is 60.1 Å². The molecule has 0 bridgehead atoms. The second-order valence-corrected chi connectivity index (χ2v) is 8.25. The molecule has 3 heterocycles. The summed E-state index contributed by atoms with van der Waals surface area (Å²) >= 11 is 1.49. The molecular weight excluding hydrogens is 408 g/mol. The van der Waals surface area contributed by atoms with Crippen LogP contribution in [0, 0.1) is 20.8 Å². The number of hydrogen-bond donors (Lipinski definition) is 1. The highest BCUT2D eigenvalue weighted by atomic mass is 32.1. The molecule has 5 rings (SSSR count). The van der Waals surface area contributed by atoms with Gasteiger partial charge < -0.3 is 0 Å². The molecule has 8 heteroatoms. The fourth-order valence-corrected chi connectivity index (χ4v) is 4.47. The van der Waals surface area contributed by atoms with Gasteiger partial charge in [0.1, 0.15) is 0 Å². The number of thiazole rings is 1. The van der Waals surface area contributed by atoms with E-state index in [2.05, 4.69) is 52.5 Å². The van der Waals surface area contributed by atoms with Crippen molar-refractivity contribution in [3.05, 3.63) is 82.5 Å². The summed E-state index contributed by atoms with van der Waals surface area (Å²) in [6.07, 6.45) is 1.57. The van der Waals surface area contributed by atoms with Gasteiger partial charge in [-0.2, -0.15) is 10.1 Å². The third kappa shape index (κ3) is 3.40. The summed E-state index contributed by atoms with van der Waals surface area (Å²) in [5.41, 5.74) is 6.57. The summed E-state index contributed by atoms with van der Waals surface area (Å²) < 4.78 is 3.52. The van der Waals surface area contributed by atoms with Crippen molar-refractivity contribution in [2.24, 2.45) is 0 Å². The van der Waals surface area contributed by atoms with E-state index in [9.17, 15) is 4.79 Å². The first kappa shape index (κ1) is 19.2. The number of nitrogens with one attached hydrogen (secondary N) is 1. The van der Waals surface area contributed by atoms with E-state index in [0.29, 0.717) is 5.56 Å². The summed E-state index contributed by atoms with van der Waals surface area (Å²) in [5.74, 6) is -0.0132. The molecule has 0 aliphatic carbocycles. The Morgan fingerprint density at radius 3 is 2.65 bits per heavy atom. The lowest BCUT2D eigenvalue weighted by atomic mass is 10.0. The standard InChI is InChI=1S/C23H20N6OS/c1-14-9-10-18(15(2)11-14)20-13-31-23-26-22(27-29(20)23)25-21(30)19-12-24-28(16(19)3)17-7-5-4-6-8-17/h4-13H,1-3H3,(H,25,27,30). The Hall–Kier alpha value is -3.78. The van der Waals surface area contributed by atoms with E-state index in [1.165, 1.54) is 22.5 Å². The third-order valence-corrected chi connectivity index (χ3v) is 6.04. The molecule has 0 radical (unpaired) electrons. The number of para-hydroxylation sites is 1. The van der Waals surface area contributed by atoms with Gasteiger partial charge in [-0.05, 0) is 38.5 Å². The maximum absolute atomic E-state index is 12.9. The molecule has 0 fully saturated rings. The smallest absolute Gasteiger partial charge is 0.261 e. The Morgan fingerprint density at radius 2 is 1.87 bits per heavy atom. The van der Waals surface area contributed by atoms with E-state index in [4.69, 9.17) is 0 Å². The molecule has 1 N–H and O–H groups in total. The van der Waals surface area contributed by atoms with Gasteiger partial charge in [-0.1, -0.05) is 42.0 Å². The highest BCUT2D eigenvalue weighted by molar-refractivity contribution is 7.15. The molecular formula is C23H20N6OS. The van der Waals surface area contributed by atoms with E-state index in [-0.39, 0.29) is 11.9 Å². The summed E-state index contributed by atoms with van der Waals surface area (Å²) in [4.78, 5) is 18.1. The van der Waals surface area contributed by atoms with Crippen molar-refractivity contribution in [1.82, 2.24) is 24.4 Å². The van der Waals surface area contributed by atoms with Gasteiger partial charge in [0.15, 0.2) is 0 Å². The molecule has 0 aliphatic heterocycles. The van der Waals surface area contributed by atoms with Crippen molar-refractivity contribution in [3.8, 4) is 16.9 Å². The average Bonchev–Trinajstić information content (AvgIpc) is 3.43.